The van der Waals surface area contributed by atoms with Crippen LogP contribution >= 0.6 is 0 Å². The van der Waals surface area contributed by atoms with Crippen molar-refractivity contribution in [2.45, 2.75) is 38.8 Å². The van der Waals surface area contributed by atoms with E-state index in [1.165, 1.54) is 0 Å². The first-order valence-corrected chi connectivity index (χ1v) is 11.8. The van der Waals surface area contributed by atoms with Crippen LogP contribution in [-0.4, -0.2) is 66.5 Å². The molecule has 180 valence electrons. The number of fused-ring (bicyclic) bond motifs is 1. The molecule has 0 unspecified atom stereocenters. The van der Waals surface area contributed by atoms with E-state index in [1.54, 1.807) is 11.0 Å². The molecular formula is C27H32N2O5. The van der Waals surface area contributed by atoms with Gasteiger partial charge in [0.2, 0.25) is 0 Å². The summed E-state index contributed by atoms with van der Waals surface area (Å²) >= 11 is 0. The highest BCUT2D eigenvalue weighted by atomic mass is 16.5. The lowest BCUT2D eigenvalue weighted by atomic mass is 9.94. The number of ether oxygens (including phenoxy) is 2. The summed E-state index contributed by atoms with van der Waals surface area (Å²) < 4.78 is 11.6. The molecule has 7 nitrogen and oxygen atoms in total. The summed E-state index contributed by atoms with van der Waals surface area (Å²) in [5, 5.41) is 11.3. The highest BCUT2D eigenvalue weighted by Gasteiger charge is 2.46. The number of nitrogens with zero attached hydrogens (tertiary/aromatic N) is 2. The maximum atomic E-state index is 13.2. The van der Waals surface area contributed by atoms with E-state index in [4.69, 9.17) is 9.47 Å². The van der Waals surface area contributed by atoms with Gasteiger partial charge in [-0.25, -0.2) is 0 Å². The fourth-order valence-electron chi connectivity index (χ4n) is 4.48. The topological polar surface area (TPSA) is 79.3 Å². The third-order valence-corrected chi connectivity index (χ3v) is 6.14. The molecule has 0 spiro atoms. The molecule has 1 saturated heterocycles. The monoisotopic (exact) mass is 464 g/mol. The molecule has 34 heavy (non-hydrogen) atoms. The molecule has 0 aliphatic carbocycles. The molecule has 2 aromatic carbocycles. The second kappa shape index (κ2) is 9.89. The van der Waals surface area contributed by atoms with Crippen molar-refractivity contribution < 1.29 is 24.2 Å². The standard InChI is InChI=1S/C27H32N2O5/c1-5-13-33-21-8-6-7-18(16-21)24-23(26(31)27(32)29(24)12-11-28(3)4)25(30)19-9-10-22-20(15-19)14-17(2)34-22/h6-10,15-17,24,30H,5,11-14H2,1-4H3/b25-23+/t17-,24+/m1/s1. The van der Waals surface area contributed by atoms with Crippen molar-refractivity contribution in [3.05, 3.63) is 64.7 Å². The number of hydrogen-bond donors (Lipinski definition) is 1. The van der Waals surface area contributed by atoms with Crippen molar-refractivity contribution >= 4 is 17.4 Å². The summed E-state index contributed by atoms with van der Waals surface area (Å²) in [6.45, 7) is 5.53. The number of aliphatic hydroxyl groups is 1. The molecule has 2 aliphatic rings. The first-order valence-electron chi connectivity index (χ1n) is 11.8. The lowest BCUT2D eigenvalue weighted by molar-refractivity contribution is -0.140. The molecule has 7 heteroatoms. The lowest BCUT2D eigenvalue weighted by Gasteiger charge is -2.27. The van der Waals surface area contributed by atoms with Gasteiger partial charge in [0.05, 0.1) is 18.2 Å². The average molecular weight is 465 g/mol. The number of carbonyl (C=O) groups excluding carboxylic acids is 2. The number of carbonyl (C=O) groups is 2. The van der Waals surface area contributed by atoms with E-state index in [2.05, 4.69) is 0 Å². The lowest BCUT2D eigenvalue weighted by Crippen LogP contribution is -2.35. The fraction of sp³-hybridized carbons (Fsp3) is 0.407. The van der Waals surface area contributed by atoms with Gasteiger partial charge in [0, 0.05) is 25.1 Å². The summed E-state index contributed by atoms with van der Waals surface area (Å²) in [6.07, 6.45) is 1.66. The first kappa shape index (κ1) is 23.8. The summed E-state index contributed by atoms with van der Waals surface area (Å²) in [7, 11) is 3.83. The molecule has 2 aliphatic heterocycles. The van der Waals surface area contributed by atoms with Crippen molar-refractivity contribution in [2.24, 2.45) is 0 Å². The summed E-state index contributed by atoms with van der Waals surface area (Å²) in [4.78, 5) is 29.8. The number of likely N-dealkylation sites (N-methyl/N-ethyl adjacent to an activating group) is 1. The maximum absolute atomic E-state index is 13.2. The Morgan fingerprint density at radius 2 is 2.00 bits per heavy atom. The summed E-state index contributed by atoms with van der Waals surface area (Å²) in [5.41, 5.74) is 2.31. The van der Waals surface area contributed by atoms with E-state index in [9.17, 15) is 14.7 Å². The largest absolute Gasteiger partial charge is 0.507 e. The molecule has 1 fully saturated rings. The number of hydrogen-bond acceptors (Lipinski definition) is 6. The third kappa shape index (κ3) is 4.66. The zero-order valence-corrected chi connectivity index (χ0v) is 20.2. The number of Topliss-reactive ketones (excluding diaryl/α,β-unsaturated/α-hetero) is 1. The van der Waals surface area contributed by atoms with Gasteiger partial charge < -0.3 is 24.4 Å². The molecule has 1 N–H and O–H groups in total. The van der Waals surface area contributed by atoms with Gasteiger partial charge in [-0.1, -0.05) is 19.1 Å². The van der Waals surface area contributed by atoms with Gasteiger partial charge in [-0.3, -0.25) is 9.59 Å². The zero-order chi connectivity index (χ0) is 24.4. The van der Waals surface area contributed by atoms with E-state index in [0.717, 1.165) is 29.7 Å². The van der Waals surface area contributed by atoms with Crippen LogP contribution in [0.3, 0.4) is 0 Å². The molecule has 2 aromatic rings. The normalized spacial score (nSPS) is 21.1. The molecule has 0 bridgehead atoms. The van der Waals surface area contributed by atoms with Crippen molar-refractivity contribution in [3.8, 4) is 11.5 Å². The van der Waals surface area contributed by atoms with Gasteiger partial charge in [0.1, 0.15) is 23.4 Å². The first-order chi connectivity index (χ1) is 16.3. The number of likely N-dealkylation sites (tertiary alicyclic amines) is 1. The van der Waals surface area contributed by atoms with Crippen LogP contribution < -0.4 is 9.47 Å². The quantitative estimate of drug-likeness (QED) is 0.364. The average Bonchev–Trinajstić information content (AvgIpc) is 3.31. The van der Waals surface area contributed by atoms with Crippen LogP contribution in [0.25, 0.3) is 5.76 Å². The SMILES string of the molecule is CCCOc1cccc([C@H]2/C(=C(\O)c3ccc4c(c3)C[C@@H](C)O4)C(=O)C(=O)N2CCN(C)C)c1. The van der Waals surface area contributed by atoms with Crippen LogP contribution in [0.4, 0.5) is 0 Å². The predicted molar refractivity (Wildman–Crippen MR) is 130 cm³/mol. The Hall–Kier alpha value is -3.32. The predicted octanol–water partition coefficient (Wildman–Crippen LogP) is 3.78. The van der Waals surface area contributed by atoms with Crippen LogP contribution in [0.2, 0.25) is 0 Å². The number of amides is 1. The van der Waals surface area contributed by atoms with E-state index >= 15 is 0 Å². The number of aliphatic hydroxyl groups excluding tert-OH is 1. The molecule has 0 aromatic heterocycles. The number of rotatable bonds is 8. The highest BCUT2D eigenvalue weighted by Crippen LogP contribution is 2.41. The second-order valence-electron chi connectivity index (χ2n) is 9.17. The maximum Gasteiger partial charge on any atom is 0.295 e. The molecule has 0 saturated carbocycles. The highest BCUT2D eigenvalue weighted by molar-refractivity contribution is 6.46. The van der Waals surface area contributed by atoms with Gasteiger partial charge in [-0.2, -0.15) is 0 Å². The number of ketones is 1. The van der Waals surface area contributed by atoms with Gasteiger partial charge in [-0.05, 0) is 68.9 Å². The van der Waals surface area contributed by atoms with Crippen LogP contribution in [0, 0.1) is 0 Å². The van der Waals surface area contributed by atoms with E-state index < -0.39 is 17.7 Å². The Bertz CT molecular complexity index is 1120. The smallest absolute Gasteiger partial charge is 0.295 e. The second-order valence-corrected chi connectivity index (χ2v) is 9.17. The van der Waals surface area contributed by atoms with Gasteiger partial charge >= 0.3 is 0 Å². The van der Waals surface area contributed by atoms with Crippen molar-refractivity contribution in [1.82, 2.24) is 9.80 Å². The molecular weight excluding hydrogens is 432 g/mol. The van der Waals surface area contributed by atoms with Crippen LogP contribution in [0.1, 0.15) is 43.0 Å². The Kier molecular flexibility index (Phi) is 6.93. The van der Waals surface area contributed by atoms with Gasteiger partial charge in [0.25, 0.3) is 11.7 Å². The fourth-order valence-corrected chi connectivity index (χ4v) is 4.48. The Morgan fingerprint density at radius 1 is 1.21 bits per heavy atom. The third-order valence-electron chi connectivity index (χ3n) is 6.14. The van der Waals surface area contributed by atoms with Gasteiger partial charge in [-0.15, -0.1) is 0 Å². The van der Waals surface area contributed by atoms with Crippen LogP contribution in [0.15, 0.2) is 48.0 Å². The minimum Gasteiger partial charge on any atom is -0.507 e. The van der Waals surface area contributed by atoms with Crippen molar-refractivity contribution in [1.29, 1.82) is 0 Å². The molecule has 2 heterocycles. The van der Waals surface area contributed by atoms with Crippen LogP contribution in [0.5, 0.6) is 11.5 Å². The Morgan fingerprint density at radius 3 is 2.74 bits per heavy atom. The van der Waals surface area contributed by atoms with E-state index in [1.807, 2.05) is 69.2 Å². The summed E-state index contributed by atoms with van der Waals surface area (Å²) in [5.74, 6) is 0.00426. The van der Waals surface area contributed by atoms with Crippen molar-refractivity contribution in [2.75, 3.05) is 33.8 Å². The Balaban J connectivity index is 1.80. The minimum absolute atomic E-state index is 0.0647. The summed E-state index contributed by atoms with van der Waals surface area (Å²) in [6, 6.07) is 12.1. The minimum atomic E-state index is -0.700. The van der Waals surface area contributed by atoms with E-state index in [0.29, 0.717) is 31.0 Å². The Labute approximate surface area is 200 Å². The van der Waals surface area contributed by atoms with E-state index in [-0.39, 0.29) is 17.4 Å². The van der Waals surface area contributed by atoms with Crippen molar-refractivity contribution in [3.63, 3.8) is 0 Å². The molecule has 4 rings (SSSR count). The number of benzene rings is 2. The molecule has 0 radical (unpaired) electrons. The van der Waals surface area contributed by atoms with Crippen LogP contribution in [-0.2, 0) is 16.0 Å². The zero-order valence-electron chi connectivity index (χ0n) is 20.2. The van der Waals surface area contributed by atoms with Gasteiger partial charge in [0.15, 0.2) is 0 Å². The molecule has 1 amide bonds. The molecule has 2 atom stereocenters.